The number of hydrogen-bond donors (Lipinski definition) is 1. The van der Waals surface area contributed by atoms with Gasteiger partial charge in [0.25, 0.3) is 5.91 Å². The topological polar surface area (TPSA) is 90.9 Å². The summed E-state index contributed by atoms with van der Waals surface area (Å²) >= 11 is 0. The highest BCUT2D eigenvalue weighted by molar-refractivity contribution is 5.92. The number of amides is 1. The summed E-state index contributed by atoms with van der Waals surface area (Å²) in [5.41, 5.74) is 1.22. The first-order valence-corrected chi connectivity index (χ1v) is 9.04. The van der Waals surface area contributed by atoms with Crippen LogP contribution in [-0.4, -0.2) is 73.5 Å². The van der Waals surface area contributed by atoms with Crippen molar-refractivity contribution >= 4 is 5.91 Å². The Kier molecular flexibility index (Phi) is 4.69. The lowest BCUT2D eigenvalue weighted by Crippen LogP contribution is -2.38. The predicted molar refractivity (Wildman–Crippen MR) is 91.8 cm³/mol. The molecule has 8 heteroatoms. The van der Waals surface area contributed by atoms with Crippen LogP contribution in [0.15, 0.2) is 18.3 Å². The molecule has 0 radical (unpaired) electrons. The van der Waals surface area contributed by atoms with E-state index in [0.29, 0.717) is 11.5 Å². The van der Waals surface area contributed by atoms with Gasteiger partial charge in [0.15, 0.2) is 0 Å². The van der Waals surface area contributed by atoms with Crippen molar-refractivity contribution in [2.45, 2.75) is 38.1 Å². The molecule has 1 aliphatic heterocycles. The quantitative estimate of drug-likeness (QED) is 0.906. The van der Waals surface area contributed by atoms with Crippen molar-refractivity contribution in [2.24, 2.45) is 0 Å². The summed E-state index contributed by atoms with van der Waals surface area (Å²) in [4.78, 5) is 21.6. The maximum Gasteiger partial charge on any atom is 0.272 e. The van der Waals surface area contributed by atoms with Gasteiger partial charge in [0.2, 0.25) is 5.82 Å². The Morgan fingerprint density at radius 2 is 1.96 bits per heavy atom. The molecule has 1 amide bonds. The van der Waals surface area contributed by atoms with E-state index in [1.165, 1.54) is 25.7 Å². The summed E-state index contributed by atoms with van der Waals surface area (Å²) in [7, 11) is 0. The highest BCUT2D eigenvalue weighted by Gasteiger charge is 2.26. The summed E-state index contributed by atoms with van der Waals surface area (Å²) in [6.07, 6.45) is 7.98. The average Bonchev–Trinajstić information content (AvgIpc) is 3.32. The second-order valence-electron chi connectivity index (χ2n) is 6.79. The van der Waals surface area contributed by atoms with E-state index >= 15 is 0 Å². The standard InChI is InChI=1S/C17H23N7O/c25-17(15-7-6-13(12-18-15)16-19-21-22-20-16)24-9-3-8-23(10-11-24)14-4-1-2-5-14/h6-7,12,14H,1-5,8-11H2,(H,19,20,21,22). The van der Waals surface area contributed by atoms with Crippen LogP contribution in [0.5, 0.6) is 0 Å². The predicted octanol–water partition coefficient (Wildman–Crippen LogP) is 1.35. The number of tetrazole rings is 1. The van der Waals surface area contributed by atoms with Crippen molar-refractivity contribution < 1.29 is 4.79 Å². The zero-order chi connectivity index (χ0) is 17.1. The molecule has 0 aromatic carbocycles. The summed E-state index contributed by atoms with van der Waals surface area (Å²) < 4.78 is 0. The molecule has 2 aliphatic rings. The van der Waals surface area contributed by atoms with Gasteiger partial charge < -0.3 is 4.90 Å². The Bertz CT molecular complexity index is 694. The number of rotatable bonds is 3. The Morgan fingerprint density at radius 1 is 1.08 bits per heavy atom. The Balaban J connectivity index is 1.40. The molecule has 25 heavy (non-hydrogen) atoms. The molecule has 2 aromatic heterocycles. The number of carbonyl (C=O) groups is 1. The van der Waals surface area contributed by atoms with E-state index in [4.69, 9.17) is 0 Å². The van der Waals surface area contributed by atoms with E-state index < -0.39 is 0 Å². The zero-order valence-electron chi connectivity index (χ0n) is 14.3. The summed E-state index contributed by atoms with van der Waals surface area (Å²) in [5.74, 6) is 0.487. The number of aromatic nitrogens is 5. The van der Waals surface area contributed by atoms with Crippen molar-refractivity contribution in [3.63, 3.8) is 0 Å². The van der Waals surface area contributed by atoms with Gasteiger partial charge in [-0.2, -0.15) is 5.21 Å². The molecule has 1 aliphatic carbocycles. The van der Waals surface area contributed by atoms with Crippen LogP contribution in [0.3, 0.4) is 0 Å². The highest BCUT2D eigenvalue weighted by Crippen LogP contribution is 2.24. The van der Waals surface area contributed by atoms with Crippen molar-refractivity contribution in [1.29, 1.82) is 0 Å². The van der Waals surface area contributed by atoms with Gasteiger partial charge >= 0.3 is 0 Å². The fraction of sp³-hybridized carbons (Fsp3) is 0.588. The number of nitrogens with one attached hydrogen (secondary N) is 1. The molecular formula is C17H23N7O. The maximum atomic E-state index is 12.8. The van der Waals surface area contributed by atoms with Crippen LogP contribution >= 0.6 is 0 Å². The molecule has 0 spiro atoms. The minimum atomic E-state index is 0.00735. The monoisotopic (exact) mass is 341 g/mol. The van der Waals surface area contributed by atoms with Crippen LogP contribution in [0.2, 0.25) is 0 Å². The number of carbonyl (C=O) groups excluding carboxylic acids is 1. The molecule has 1 saturated heterocycles. The molecule has 2 fully saturated rings. The van der Waals surface area contributed by atoms with Crippen LogP contribution in [0.25, 0.3) is 11.4 Å². The lowest BCUT2D eigenvalue weighted by Gasteiger charge is -2.27. The zero-order valence-corrected chi connectivity index (χ0v) is 14.3. The molecule has 8 nitrogen and oxygen atoms in total. The second-order valence-corrected chi connectivity index (χ2v) is 6.79. The third kappa shape index (κ3) is 3.53. The van der Waals surface area contributed by atoms with E-state index in [1.54, 1.807) is 12.3 Å². The molecule has 132 valence electrons. The van der Waals surface area contributed by atoms with E-state index in [1.807, 2.05) is 11.0 Å². The van der Waals surface area contributed by atoms with Gasteiger partial charge in [0.05, 0.1) is 0 Å². The molecule has 3 heterocycles. The Hall–Kier alpha value is -2.35. The van der Waals surface area contributed by atoms with E-state index in [9.17, 15) is 4.79 Å². The Morgan fingerprint density at radius 3 is 2.68 bits per heavy atom. The molecule has 4 rings (SSSR count). The van der Waals surface area contributed by atoms with Crippen LogP contribution in [0, 0.1) is 0 Å². The fourth-order valence-electron chi connectivity index (χ4n) is 3.87. The number of pyridine rings is 1. The Labute approximate surface area is 146 Å². The first-order valence-electron chi connectivity index (χ1n) is 9.04. The van der Waals surface area contributed by atoms with Crippen molar-refractivity contribution in [2.75, 3.05) is 26.2 Å². The van der Waals surface area contributed by atoms with E-state index in [-0.39, 0.29) is 5.91 Å². The molecule has 2 aromatic rings. The molecule has 0 unspecified atom stereocenters. The van der Waals surface area contributed by atoms with Gasteiger partial charge in [-0.25, -0.2) is 0 Å². The van der Waals surface area contributed by atoms with Gasteiger partial charge in [-0.1, -0.05) is 12.8 Å². The fourth-order valence-corrected chi connectivity index (χ4v) is 3.87. The van der Waals surface area contributed by atoms with E-state index in [0.717, 1.165) is 44.2 Å². The summed E-state index contributed by atoms with van der Waals surface area (Å²) in [6, 6.07) is 4.28. The van der Waals surface area contributed by atoms with Crippen LogP contribution in [-0.2, 0) is 0 Å². The number of hydrogen-bond acceptors (Lipinski definition) is 6. The first-order chi connectivity index (χ1) is 12.3. The first kappa shape index (κ1) is 16.1. The third-order valence-electron chi connectivity index (χ3n) is 5.24. The maximum absolute atomic E-state index is 12.8. The van der Waals surface area contributed by atoms with Gasteiger partial charge in [-0.3, -0.25) is 14.7 Å². The summed E-state index contributed by atoms with van der Waals surface area (Å²) in [5, 5.41) is 13.8. The number of aromatic amines is 1. The molecule has 1 saturated carbocycles. The van der Waals surface area contributed by atoms with Crippen LogP contribution < -0.4 is 0 Å². The van der Waals surface area contributed by atoms with Gasteiger partial charge in [-0.05, 0) is 36.6 Å². The second kappa shape index (κ2) is 7.26. The minimum absolute atomic E-state index is 0.00735. The highest BCUT2D eigenvalue weighted by atomic mass is 16.2. The van der Waals surface area contributed by atoms with Crippen molar-refractivity contribution in [1.82, 2.24) is 35.4 Å². The lowest BCUT2D eigenvalue weighted by atomic mass is 10.2. The molecule has 0 bridgehead atoms. The van der Waals surface area contributed by atoms with Crippen LogP contribution in [0.4, 0.5) is 0 Å². The van der Waals surface area contributed by atoms with E-state index in [2.05, 4.69) is 30.5 Å². The SMILES string of the molecule is O=C(c1ccc(-c2nn[nH]n2)cn1)N1CCCN(C2CCCC2)CC1. The third-order valence-corrected chi connectivity index (χ3v) is 5.24. The smallest absolute Gasteiger partial charge is 0.272 e. The number of nitrogens with zero attached hydrogens (tertiary/aromatic N) is 6. The van der Waals surface area contributed by atoms with Gasteiger partial charge in [0, 0.05) is 44.0 Å². The lowest BCUT2D eigenvalue weighted by molar-refractivity contribution is 0.0752. The largest absolute Gasteiger partial charge is 0.336 e. The van der Waals surface area contributed by atoms with Crippen molar-refractivity contribution in [3.05, 3.63) is 24.0 Å². The number of H-pyrrole nitrogens is 1. The molecule has 0 atom stereocenters. The summed E-state index contributed by atoms with van der Waals surface area (Å²) in [6.45, 7) is 3.65. The normalized spacial score (nSPS) is 19.9. The van der Waals surface area contributed by atoms with Crippen LogP contribution in [0.1, 0.15) is 42.6 Å². The average molecular weight is 341 g/mol. The van der Waals surface area contributed by atoms with Crippen molar-refractivity contribution in [3.8, 4) is 11.4 Å². The molecular weight excluding hydrogens is 318 g/mol. The molecule has 1 N–H and O–H groups in total. The van der Waals surface area contributed by atoms with Gasteiger partial charge in [0.1, 0.15) is 5.69 Å². The van der Waals surface area contributed by atoms with Gasteiger partial charge in [-0.15, -0.1) is 10.2 Å². The minimum Gasteiger partial charge on any atom is -0.336 e.